The third kappa shape index (κ3) is 7.13. The first-order chi connectivity index (χ1) is 20.8. The maximum absolute atomic E-state index is 13.5. The van der Waals surface area contributed by atoms with Crippen molar-refractivity contribution in [2.45, 2.75) is 81.0 Å². The molecule has 3 aromatic rings. The summed E-state index contributed by atoms with van der Waals surface area (Å²) in [5.74, 6) is 0.164. The molecule has 10 heteroatoms. The van der Waals surface area contributed by atoms with E-state index in [0.717, 1.165) is 74.9 Å². The zero-order valence-corrected chi connectivity index (χ0v) is 24.6. The maximum atomic E-state index is 13.5. The topological polar surface area (TPSA) is 32.5 Å². The summed E-state index contributed by atoms with van der Waals surface area (Å²) in [6.07, 6.45) is -5.56. The molecule has 2 aliphatic rings. The van der Waals surface area contributed by atoms with Gasteiger partial charge in [-0.1, -0.05) is 42.5 Å². The fourth-order valence-corrected chi connectivity index (χ4v) is 7.20. The molecule has 1 saturated heterocycles. The Morgan fingerprint density at radius 1 is 0.818 bits per heavy atom. The van der Waals surface area contributed by atoms with Crippen LogP contribution in [0.2, 0.25) is 0 Å². The lowest BCUT2D eigenvalue weighted by Crippen LogP contribution is -2.56. The first kappa shape index (κ1) is 32.4. The molecule has 0 amide bonds. The highest BCUT2D eigenvalue weighted by atomic mass is 19.4. The van der Waals surface area contributed by atoms with Crippen molar-refractivity contribution in [3.8, 4) is 0 Å². The van der Waals surface area contributed by atoms with Gasteiger partial charge in [0.2, 0.25) is 0 Å². The molecule has 0 spiro atoms. The minimum absolute atomic E-state index is 0.104. The summed E-state index contributed by atoms with van der Waals surface area (Å²) in [4.78, 5) is 4.48. The molecule has 0 radical (unpaired) electrons. The SMILES string of the molecule is CN(C(N)Cc1cc(C(F)(F)F)cc(C(F)(F)F)c1)[C@]1(c2ccccc2)CC[C@@H](N2CCC(c3ccc(F)cc3)CC2)CC1. The Balaban J connectivity index is 1.31. The van der Waals surface area contributed by atoms with Crippen molar-refractivity contribution in [2.24, 2.45) is 5.73 Å². The average Bonchev–Trinajstić information content (AvgIpc) is 3.00. The van der Waals surface area contributed by atoms with Gasteiger partial charge in [-0.3, -0.25) is 4.90 Å². The second-order valence-electron chi connectivity index (χ2n) is 12.3. The number of halogens is 7. The van der Waals surface area contributed by atoms with E-state index in [2.05, 4.69) is 4.90 Å². The van der Waals surface area contributed by atoms with E-state index in [4.69, 9.17) is 5.73 Å². The van der Waals surface area contributed by atoms with Gasteiger partial charge < -0.3 is 10.6 Å². The van der Waals surface area contributed by atoms with Crippen LogP contribution in [0.5, 0.6) is 0 Å². The summed E-state index contributed by atoms with van der Waals surface area (Å²) in [5.41, 5.74) is 5.52. The summed E-state index contributed by atoms with van der Waals surface area (Å²) >= 11 is 0. The Labute approximate surface area is 253 Å². The van der Waals surface area contributed by atoms with Gasteiger partial charge in [0.05, 0.1) is 17.3 Å². The van der Waals surface area contributed by atoms with Crippen molar-refractivity contribution >= 4 is 0 Å². The standard InChI is InChI=1S/C34H38F7N3/c1-43(31(42)21-23-19-27(33(36,37)38)22-28(20-23)34(39,40)41)32(26-5-3-2-4-6-26)15-11-30(12-16-32)44-17-13-25(14-18-44)24-7-9-29(35)10-8-24/h2-10,19-20,22,25,30-31H,11-18,21,42H2,1H3/t30-,31?,32-. The molecule has 1 saturated carbocycles. The predicted molar refractivity (Wildman–Crippen MR) is 156 cm³/mol. The molecule has 238 valence electrons. The molecule has 3 nitrogen and oxygen atoms in total. The van der Waals surface area contributed by atoms with E-state index in [1.807, 2.05) is 54.4 Å². The van der Waals surface area contributed by atoms with Crippen molar-refractivity contribution in [2.75, 3.05) is 20.1 Å². The first-order valence-corrected chi connectivity index (χ1v) is 15.1. The maximum Gasteiger partial charge on any atom is 0.416 e. The van der Waals surface area contributed by atoms with E-state index >= 15 is 0 Å². The number of rotatable bonds is 7. The van der Waals surface area contributed by atoms with Gasteiger partial charge in [-0.2, -0.15) is 26.3 Å². The van der Waals surface area contributed by atoms with Gasteiger partial charge in [-0.15, -0.1) is 0 Å². The van der Waals surface area contributed by atoms with E-state index < -0.39 is 35.2 Å². The summed E-state index contributed by atoms with van der Waals surface area (Å²) < 4.78 is 94.3. The van der Waals surface area contributed by atoms with Gasteiger partial charge in [0, 0.05) is 18.0 Å². The molecular weight excluding hydrogens is 583 g/mol. The minimum Gasteiger partial charge on any atom is -0.315 e. The highest BCUT2D eigenvalue weighted by Gasteiger charge is 2.44. The zero-order chi connectivity index (χ0) is 31.7. The number of piperidine rings is 1. The largest absolute Gasteiger partial charge is 0.416 e. The Morgan fingerprint density at radius 3 is 1.89 bits per heavy atom. The van der Waals surface area contributed by atoms with Crippen LogP contribution in [0.1, 0.15) is 72.3 Å². The quantitative estimate of drug-likeness (QED) is 0.213. The third-order valence-corrected chi connectivity index (χ3v) is 9.75. The molecule has 1 aliphatic carbocycles. The highest BCUT2D eigenvalue weighted by Crippen LogP contribution is 2.45. The van der Waals surface area contributed by atoms with Crippen LogP contribution >= 0.6 is 0 Å². The lowest BCUT2D eigenvalue weighted by molar-refractivity contribution is -0.143. The number of likely N-dealkylation sites (tertiary alicyclic amines) is 1. The molecule has 1 aliphatic heterocycles. The van der Waals surface area contributed by atoms with Crippen LogP contribution in [0.15, 0.2) is 72.8 Å². The fourth-order valence-electron chi connectivity index (χ4n) is 7.20. The van der Waals surface area contributed by atoms with E-state index in [1.54, 1.807) is 0 Å². The Bertz CT molecular complexity index is 1340. The number of likely N-dealkylation sites (N-methyl/N-ethyl adjacent to an activating group) is 1. The normalized spacial score (nSPS) is 23.2. The second-order valence-corrected chi connectivity index (χ2v) is 12.3. The molecular formula is C34H38F7N3. The molecule has 2 fully saturated rings. The number of hydrogen-bond acceptors (Lipinski definition) is 3. The minimum atomic E-state index is -4.91. The number of alkyl halides is 6. The highest BCUT2D eigenvalue weighted by molar-refractivity contribution is 5.34. The van der Waals surface area contributed by atoms with Crippen molar-refractivity contribution in [1.29, 1.82) is 0 Å². The molecule has 1 unspecified atom stereocenters. The van der Waals surface area contributed by atoms with E-state index in [9.17, 15) is 30.7 Å². The molecule has 3 aromatic carbocycles. The summed E-state index contributed by atoms with van der Waals surface area (Å²) in [6.45, 7) is 1.88. The first-order valence-electron chi connectivity index (χ1n) is 15.1. The Kier molecular flexibility index (Phi) is 9.44. The van der Waals surface area contributed by atoms with Crippen LogP contribution in [0, 0.1) is 5.82 Å². The van der Waals surface area contributed by atoms with Crippen LogP contribution in [0.4, 0.5) is 30.7 Å². The predicted octanol–water partition coefficient (Wildman–Crippen LogP) is 8.34. The number of benzene rings is 3. The lowest BCUT2D eigenvalue weighted by atomic mass is 9.72. The fraction of sp³-hybridized carbons (Fsp3) is 0.471. The van der Waals surface area contributed by atoms with Gasteiger partial charge in [0.1, 0.15) is 5.82 Å². The van der Waals surface area contributed by atoms with Gasteiger partial charge in [0.25, 0.3) is 0 Å². The molecule has 2 N–H and O–H groups in total. The molecule has 0 bridgehead atoms. The van der Waals surface area contributed by atoms with E-state index in [1.165, 1.54) is 12.1 Å². The smallest absolute Gasteiger partial charge is 0.315 e. The molecule has 44 heavy (non-hydrogen) atoms. The van der Waals surface area contributed by atoms with Crippen LogP contribution < -0.4 is 5.73 Å². The van der Waals surface area contributed by atoms with Crippen LogP contribution in [-0.2, 0) is 24.3 Å². The van der Waals surface area contributed by atoms with Crippen LogP contribution in [0.3, 0.4) is 0 Å². The third-order valence-electron chi connectivity index (χ3n) is 9.75. The monoisotopic (exact) mass is 621 g/mol. The summed E-state index contributed by atoms with van der Waals surface area (Å²) in [5, 5.41) is 0. The molecule has 1 atom stereocenters. The lowest BCUT2D eigenvalue weighted by Gasteiger charge is -2.51. The Hall–Kier alpha value is -2.95. The molecule has 5 rings (SSSR count). The Morgan fingerprint density at radius 2 is 1.36 bits per heavy atom. The van der Waals surface area contributed by atoms with Crippen molar-refractivity contribution in [3.63, 3.8) is 0 Å². The number of hydrogen-bond donors (Lipinski definition) is 1. The van der Waals surface area contributed by atoms with Crippen molar-refractivity contribution in [3.05, 3.63) is 106 Å². The van der Waals surface area contributed by atoms with E-state index in [0.29, 0.717) is 12.0 Å². The van der Waals surface area contributed by atoms with Crippen LogP contribution in [0.25, 0.3) is 0 Å². The average molecular weight is 622 g/mol. The van der Waals surface area contributed by atoms with E-state index in [-0.39, 0.29) is 23.9 Å². The number of nitrogens with two attached hydrogens (primary N) is 1. The van der Waals surface area contributed by atoms with Gasteiger partial charge >= 0.3 is 12.4 Å². The van der Waals surface area contributed by atoms with Gasteiger partial charge in [-0.05, 0) is 112 Å². The van der Waals surface area contributed by atoms with Crippen molar-refractivity contribution < 1.29 is 30.7 Å². The van der Waals surface area contributed by atoms with Crippen molar-refractivity contribution in [1.82, 2.24) is 9.80 Å². The summed E-state index contributed by atoms with van der Waals surface area (Å²) in [7, 11) is 1.82. The molecule has 0 aromatic heterocycles. The molecule has 1 heterocycles. The zero-order valence-electron chi connectivity index (χ0n) is 24.6. The van der Waals surface area contributed by atoms with Gasteiger partial charge in [-0.25, -0.2) is 4.39 Å². The van der Waals surface area contributed by atoms with Gasteiger partial charge in [0.15, 0.2) is 0 Å². The number of nitrogens with zero attached hydrogens (tertiary/aromatic N) is 2. The summed E-state index contributed by atoms with van der Waals surface area (Å²) in [6, 6.07) is 18.6. The van der Waals surface area contributed by atoms with Crippen LogP contribution in [-0.4, -0.2) is 42.1 Å². The second kappa shape index (κ2) is 12.8.